The van der Waals surface area contributed by atoms with Gasteiger partial charge in [0.2, 0.25) is 11.9 Å². The van der Waals surface area contributed by atoms with E-state index in [4.69, 9.17) is 17.2 Å². The van der Waals surface area contributed by atoms with E-state index >= 15 is 0 Å². The van der Waals surface area contributed by atoms with Crippen LogP contribution in [-0.2, 0) is 4.79 Å². The lowest BCUT2D eigenvalue weighted by atomic mass is 10.1. The van der Waals surface area contributed by atoms with Crippen LogP contribution in [0.4, 0.5) is 11.4 Å². The van der Waals surface area contributed by atoms with Gasteiger partial charge in [-0.2, -0.15) is 4.99 Å². The quantitative estimate of drug-likeness (QED) is 0.495. The summed E-state index contributed by atoms with van der Waals surface area (Å²) in [5.74, 6) is 0.000374. The Hall–Kier alpha value is -2.57. The molecule has 0 aromatic heterocycles. The summed E-state index contributed by atoms with van der Waals surface area (Å²) in [5, 5.41) is 2.93. The second-order valence-electron chi connectivity index (χ2n) is 5.48. The molecule has 0 spiro atoms. The van der Waals surface area contributed by atoms with E-state index in [1.807, 2.05) is 19.1 Å². The van der Waals surface area contributed by atoms with Crippen LogP contribution in [0, 0.1) is 12.8 Å². The van der Waals surface area contributed by atoms with Gasteiger partial charge in [0.25, 0.3) is 0 Å². The van der Waals surface area contributed by atoms with Gasteiger partial charge in [0, 0.05) is 11.6 Å². The Labute approximate surface area is 129 Å². The van der Waals surface area contributed by atoms with Crippen molar-refractivity contribution < 1.29 is 4.79 Å². The average molecular weight is 302 g/mol. The second-order valence-corrected chi connectivity index (χ2v) is 5.48. The summed E-state index contributed by atoms with van der Waals surface area (Å²) in [7, 11) is 0. The number of aryl methyl sites for hydroxylation is 1. The van der Waals surface area contributed by atoms with E-state index in [0.29, 0.717) is 11.4 Å². The molecular formula is C15H22N6O. The van der Waals surface area contributed by atoms with Crippen LogP contribution >= 0.6 is 0 Å². The summed E-state index contributed by atoms with van der Waals surface area (Å²) in [4.78, 5) is 20.0. The van der Waals surface area contributed by atoms with Crippen LogP contribution in [-0.4, -0.2) is 17.8 Å². The van der Waals surface area contributed by atoms with Gasteiger partial charge in [0.05, 0.1) is 5.69 Å². The molecule has 1 saturated carbocycles. The molecule has 7 N–H and O–H groups in total. The van der Waals surface area contributed by atoms with E-state index in [0.717, 1.165) is 31.2 Å². The average Bonchev–Trinajstić information content (AvgIpc) is 2.95. The third-order valence-electron chi connectivity index (χ3n) is 3.68. The van der Waals surface area contributed by atoms with Crippen molar-refractivity contribution in [2.24, 2.45) is 33.1 Å². The van der Waals surface area contributed by atoms with E-state index in [1.165, 1.54) is 0 Å². The van der Waals surface area contributed by atoms with E-state index in [9.17, 15) is 4.79 Å². The van der Waals surface area contributed by atoms with Crippen LogP contribution in [0.5, 0.6) is 0 Å². The van der Waals surface area contributed by atoms with Crippen LogP contribution in [0.1, 0.15) is 31.2 Å². The lowest BCUT2D eigenvalue weighted by Gasteiger charge is -2.11. The summed E-state index contributed by atoms with van der Waals surface area (Å²) in [5.41, 5.74) is 18.4. The van der Waals surface area contributed by atoms with Gasteiger partial charge in [-0.25, -0.2) is 4.99 Å². The van der Waals surface area contributed by atoms with Crippen molar-refractivity contribution in [3.63, 3.8) is 0 Å². The molecule has 1 aliphatic rings. The zero-order chi connectivity index (χ0) is 16.1. The number of anilines is 1. The van der Waals surface area contributed by atoms with E-state index < -0.39 is 0 Å². The number of hydrogen-bond donors (Lipinski definition) is 4. The molecule has 0 heterocycles. The van der Waals surface area contributed by atoms with Crippen LogP contribution in [0.3, 0.4) is 0 Å². The Morgan fingerprint density at radius 1 is 1.23 bits per heavy atom. The fourth-order valence-electron chi connectivity index (χ4n) is 2.52. The fourth-order valence-corrected chi connectivity index (χ4v) is 2.52. The maximum absolute atomic E-state index is 12.2. The fraction of sp³-hybridized carbons (Fsp3) is 0.400. The third-order valence-corrected chi connectivity index (χ3v) is 3.68. The molecule has 0 aliphatic heterocycles. The van der Waals surface area contributed by atoms with Crippen molar-refractivity contribution in [1.82, 2.24) is 0 Å². The van der Waals surface area contributed by atoms with Gasteiger partial charge in [-0.1, -0.05) is 18.9 Å². The van der Waals surface area contributed by atoms with E-state index in [1.54, 1.807) is 6.07 Å². The minimum Gasteiger partial charge on any atom is -0.370 e. The first kappa shape index (κ1) is 15.8. The van der Waals surface area contributed by atoms with Gasteiger partial charge < -0.3 is 22.5 Å². The molecule has 1 amide bonds. The molecule has 2 rings (SSSR count). The molecule has 0 saturated heterocycles. The van der Waals surface area contributed by atoms with Crippen molar-refractivity contribution >= 4 is 29.2 Å². The van der Waals surface area contributed by atoms with Gasteiger partial charge in [-0.05, 0) is 37.5 Å². The van der Waals surface area contributed by atoms with E-state index in [2.05, 4.69) is 15.3 Å². The molecular weight excluding hydrogens is 280 g/mol. The van der Waals surface area contributed by atoms with Crippen molar-refractivity contribution in [3.05, 3.63) is 23.8 Å². The standard InChI is InChI=1S/C15H22N6O/c1-9-6-7-11(19-13(22)10-4-2-3-5-10)8-12(9)20-15(18)21-14(16)17/h6-8,10H,2-5H2,1H3,(H,19,22)(H6,16,17,18,20,21). The molecule has 1 aliphatic carbocycles. The summed E-state index contributed by atoms with van der Waals surface area (Å²) in [6.45, 7) is 1.89. The first-order chi connectivity index (χ1) is 10.5. The summed E-state index contributed by atoms with van der Waals surface area (Å²) >= 11 is 0. The Bertz CT molecular complexity index is 612. The minimum atomic E-state index is -0.149. The highest BCUT2D eigenvalue weighted by atomic mass is 16.1. The maximum atomic E-state index is 12.2. The maximum Gasteiger partial charge on any atom is 0.227 e. The van der Waals surface area contributed by atoms with Gasteiger partial charge in [0.15, 0.2) is 5.96 Å². The lowest BCUT2D eigenvalue weighted by molar-refractivity contribution is -0.119. The molecule has 0 bridgehead atoms. The highest BCUT2D eigenvalue weighted by molar-refractivity contribution is 5.95. The minimum absolute atomic E-state index is 0.0256. The number of carbonyl (C=O) groups is 1. The monoisotopic (exact) mass is 302 g/mol. The highest BCUT2D eigenvalue weighted by Gasteiger charge is 2.22. The Morgan fingerprint density at radius 3 is 2.55 bits per heavy atom. The van der Waals surface area contributed by atoms with Crippen molar-refractivity contribution in [3.8, 4) is 0 Å². The molecule has 0 unspecified atom stereocenters. The highest BCUT2D eigenvalue weighted by Crippen LogP contribution is 2.28. The van der Waals surface area contributed by atoms with Gasteiger partial charge in [-0.3, -0.25) is 4.79 Å². The van der Waals surface area contributed by atoms with Crippen LogP contribution in [0.15, 0.2) is 28.2 Å². The number of guanidine groups is 2. The predicted molar refractivity (Wildman–Crippen MR) is 88.9 cm³/mol. The van der Waals surface area contributed by atoms with Gasteiger partial charge in [-0.15, -0.1) is 0 Å². The number of nitrogens with one attached hydrogen (secondary N) is 1. The predicted octanol–water partition coefficient (Wildman–Crippen LogP) is 1.34. The first-order valence-corrected chi connectivity index (χ1v) is 7.31. The number of amides is 1. The zero-order valence-electron chi connectivity index (χ0n) is 12.7. The second kappa shape index (κ2) is 6.93. The van der Waals surface area contributed by atoms with Crippen molar-refractivity contribution in [2.75, 3.05) is 5.32 Å². The molecule has 7 heteroatoms. The summed E-state index contributed by atoms with van der Waals surface area (Å²) in [6.07, 6.45) is 4.16. The van der Waals surface area contributed by atoms with E-state index in [-0.39, 0.29) is 23.7 Å². The van der Waals surface area contributed by atoms with Crippen LogP contribution in [0.2, 0.25) is 0 Å². The molecule has 1 aromatic carbocycles. The van der Waals surface area contributed by atoms with Crippen molar-refractivity contribution in [1.29, 1.82) is 0 Å². The molecule has 22 heavy (non-hydrogen) atoms. The molecule has 7 nitrogen and oxygen atoms in total. The Balaban J connectivity index is 2.16. The number of nitrogens with two attached hydrogens (primary N) is 3. The largest absolute Gasteiger partial charge is 0.370 e. The van der Waals surface area contributed by atoms with Crippen LogP contribution < -0.4 is 22.5 Å². The molecule has 0 radical (unpaired) electrons. The lowest BCUT2D eigenvalue weighted by Crippen LogP contribution is -2.26. The summed E-state index contributed by atoms with van der Waals surface area (Å²) in [6, 6.07) is 5.47. The first-order valence-electron chi connectivity index (χ1n) is 7.31. The van der Waals surface area contributed by atoms with Crippen molar-refractivity contribution in [2.45, 2.75) is 32.6 Å². The third kappa shape index (κ3) is 4.21. The number of nitrogens with zero attached hydrogens (tertiary/aromatic N) is 2. The number of hydrogen-bond acceptors (Lipinski definition) is 2. The number of aliphatic imine (C=N–C) groups is 2. The topological polar surface area (TPSA) is 132 Å². The SMILES string of the molecule is Cc1ccc(NC(=O)C2CCCC2)cc1N=C(N)N=C(N)N. The molecule has 1 aromatic rings. The number of carbonyl (C=O) groups excluding carboxylic acids is 1. The normalized spacial score (nSPS) is 15.6. The number of benzene rings is 1. The molecule has 0 atom stereocenters. The number of rotatable bonds is 3. The molecule has 1 fully saturated rings. The van der Waals surface area contributed by atoms with Gasteiger partial charge >= 0.3 is 0 Å². The zero-order valence-corrected chi connectivity index (χ0v) is 12.7. The van der Waals surface area contributed by atoms with Crippen LogP contribution in [0.25, 0.3) is 0 Å². The smallest absolute Gasteiger partial charge is 0.227 e. The molecule has 118 valence electrons. The Kier molecular flexibility index (Phi) is 4.98. The van der Waals surface area contributed by atoms with Gasteiger partial charge in [0.1, 0.15) is 0 Å². The summed E-state index contributed by atoms with van der Waals surface area (Å²) < 4.78 is 0. The Morgan fingerprint density at radius 2 is 1.91 bits per heavy atom.